The molecule has 0 aliphatic heterocycles. The van der Waals surface area contributed by atoms with Gasteiger partial charge in [-0.1, -0.05) is 61.5 Å². The third-order valence-corrected chi connectivity index (χ3v) is 8.17. The minimum absolute atomic E-state index is 0.0287. The van der Waals surface area contributed by atoms with Gasteiger partial charge in [-0.2, -0.15) is 0 Å². The molecule has 9 heteroatoms. The third-order valence-electron chi connectivity index (χ3n) is 6.98. The van der Waals surface area contributed by atoms with E-state index in [1.54, 1.807) is 30.3 Å². The number of rotatable bonds is 14. The number of sulfonamides is 1. The lowest BCUT2D eigenvalue weighted by molar-refractivity contribution is -0.141. The number of carbonyl (C=O) groups is 2. The molecule has 1 N–H and O–H groups in total. The molecular formula is C32H40FN3O4S. The first kappa shape index (κ1) is 31.8. The van der Waals surface area contributed by atoms with Crippen LogP contribution in [-0.2, 0) is 32.6 Å². The molecule has 0 saturated carbocycles. The van der Waals surface area contributed by atoms with Crippen molar-refractivity contribution in [2.75, 3.05) is 17.1 Å². The van der Waals surface area contributed by atoms with Crippen LogP contribution in [-0.4, -0.2) is 50.0 Å². The van der Waals surface area contributed by atoms with Crippen molar-refractivity contribution in [2.24, 2.45) is 0 Å². The molecular weight excluding hydrogens is 541 g/mol. The van der Waals surface area contributed by atoms with Crippen molar-refractivity contribution in [1.29, 1.82) is 0 Å². The molecule has 3 aromatic rings. The third kappa shape index (κ3) is 9.70. The first-order chi connectivity index (χ1) is 19.5. The van der Waals surface area contributed by atoms with Crippen molar-refractivity contribution in [3.05, 3.63) is 101 Å². The molecule has 220 valence electrons. The lowest BCUT2D eigenvalue weighted by Crippen LogP contribution is -2.52. The highest BCUT2D eigenvalue weighted by atomic mass is 32.2. The zero-order chi connectivity index (χ0) is 30.0. The highest BCUT2D eigenvalue weighted by Gasteiger charge is 2.31. The minimum Gasteiger partial charge on any atom is -0.352 e. The molecule has 0 fully saturated rings. The van der Waals surface area contributed by atoms with E-state index in [0.29, 0.717) is 17.7 Å². The number of aryl methyl sites for hydroxylation is 1. The van der Waals surface area contributed by atoms with Crippen molar-refractivity contribution >= 4 is 27.5 Å². The van der Waals surface area contributed by atoms with Gasteiger partial charge in [-0.3, -0.25) is 13.9 Å². The van der Waals surface area contributed by atoms with Gasteiger partial charge in [-0.25, -0.2) is 12.8 Å². The average molecular weight is 582 g/mol. The summed E-state index contributed by atoms with van der Waals surface area (Å²) in [4.78, 5) is 29.0. The molecule has 0 saturated heterocycles. The minimum atomic E-state index is -3.58. The molecule has 0 aliphatic carbocycles. The molecule has 41 heavy (non-hydrogen) atoms. The second kappa shape index (κ2) is 14.8. The molecule has 2 atom stereocenters. The van der Waals surface area contributed by atoms with Gasteiger partial charge >= 0.3 is 0 Å². The van der Waals surface area contributed by atoms with Crippen LogP contribution in [0.25, 0.3) is 0 Å². The van der Waals surface area contributed by atoms with Gasteiger partial charge in [0.1, 0.15) is 11.9 Å². The van der Waals surface area contributed by atoms with Crippen LogP contribution in [0.5, 0.6) is 0 Å². The van der Waals surface area contributed by atoms with Crippen LogP contribution in [0.2, 0.25) is 0 Å². The normalized spacial score (nSPS) is 12.8. The molecule has 0 spiro atoms. The molecule has 3 aromatic carbocycles. The van der Waals surface area contributed by atoms with Crippen molar-refractivity contribution in [2.45, 2.75) is 65.1 Å². The Labute approximate surface area is 243 Å². The molecule has 3 rings (SSSR count). The maximum Gasteiger partial charge on any atom is 0.243 e. The Morgan fingerprint density at radius 3 is 2.24 bits per heavy atom. The van der Waals surface area contributed by atoms with Gasteiger partial charge in [0.05, 0.1) is 11.9 Å². The summed E-state index contributed by atoms with van der Waals surface area (Å²) in [5.74, 6) is -0.942. The Hall–Kier alpha value is -3.72. The van der Waals surface area contributed by atoms with E-state index in [2.05, 4.69) is 5.32 Å². The predicted molar refractivity (Wildman–Crippen MR) is 161 cm³/mol. The molecule has 0 unspecified atom stereocenters. The summed E-state index contributed by atoms with van der Waals surface area (Å²) in [5, 5.41) is 3.02. The number of hydrogen-bond donors (Lipinski definition) is 1. The van der Waals surface area contributed by atoms with Gasteiger partial charge in [0.2, 0.25) is 21.8 Å². The van der Waals surface area contributed by atoms with Crippen LogP contribution in [0.3, 0.4) is 0 Å². The maximum absolute atomic E-state index is 13.8. The SMILES string of the molecule is CC[C@H](C)NC(=O)[C@H](Cc1ccccc1)N(Cc1ccc(F)cc1)C(=O)CCCN(c1cccc(C)c1)S(C)(=O)=O. The van der Waals surface area contributed by atoms with Crippen molar-refractivity contribution in [1.82, 2.24) is 10.2 Å². The highest BCUT2D eigenvalue weighted by molar-refractivity contribution is 7.92. The quantitative estimate of drug-likeness (QED) is 0.282. The fourth-order valence-corrected chi connectivity index (χ4v) is 5.53. The van der Waals surface area contributed by atoms with Crippen LogP contribution >= 0.6 is 0 Å². The van der Waals surface area contributed by atoms with Crippen molar-refractivity contribution < 1.29 is 22.4 Å². The number of nitrogens with one attached hydrogen (secondary N) is 1. The van der Waals surface area contributed by atoms with E-state index in [1.165, 1.54) is 21.3 Å². The molecule has 2 amide bonds. The lowest BCUT2D eigenvalue weighted by Gasteiger charge is -2.32. The average Bonchev–Trinajstić information content (AvgIpc) is 2.93. The Kier molecular flexibility index (Phi) is 11.5. The first-order valence-corrected chi connectivity index (χ1v) is 15.7. The molecule has 7 nitrogen and oxygen atoms in total. The number of amides is 2. The van der Waals surface area contributed by atoms with Gasteiger partial charge in [0.15, 0.2) is 0 Å². The van der Waals surface area contributed by atoms with E-state index < -0.39 is 16.1 Å². The monoisotopic (exact) mass is 581 g/mol. The van der Waals surface area contributed by atoms with Gasteiger partial charge in [-0.15, -0.1) is 0 Å². The number of hydrogen-bond acceptors (Lipinski definition) is 4. The van der Waals surface area contributed by atoms with E-state index in [4.69, 9.17) is 0 Å². The molecule has 0 aliphatic rings. The second-order valence-electron chi connectivity index (χ2n) is 10.4. The summed E-state index contributed by atoms with van der Waals surface area (Å²) >= 11 is 0. The van der Waals surface area contributed by atoms with Crippen LogP contribution in [0, 0.1) is 12.7 Å². The van der Waals surface area contributed by atoms with E-state index in [-0.39, 0.29) is 49.6 Å². The van der Waals surface area contributed by atoms with E-state index in [0.717, 1.165) is 23.8 Å². The van der Waals surface area contributed by atoms with Gasteiger partial charge in [0, 0.05) is 32.0 Å². The van der Waals surface area contributed by atoms with Crippen LogP contribution < -0.4 is 9.62 Å². The van der Waals surface area contributed by atoms with Crippen LogP contribution in [0.4, 0.5) is 10.1 Å². The Balaban J connectivity index is 1.89. The Morgan fingerprint density at radius 2 is 1.63 bits per heavy atom. The van der Waals surface area contributed by atoms with Gasteiger partial charge in [0.25, 0.3) is 0 Å². The summed E-state index contributed by atoms with van der Waals surface area (Å²) in [7, 11) is -3.58. The lowest BCUT2D eigenvalue weighted by atomic mass is 10.0. The zero-order valence-corrected chi connectivity index (χ0v) is 25.0. The number of benzene rings is 3. The van der Waals surface area contributed by atoms with Crippen LogP contribution in [0.1, 0.15) is 49.8 Å². The fourth-order valence-electron chi connectivity index (χ4n) is 4.57. The van der Waals surface area contributed by atoms with Gasteiger partial charge in [-0.05, 0) is 67.6 Å². The predicted octanol–water partition coefficient (Wildman–Crippen LogP) is 5.24. The topological polar surface area (TPSA) is 86.8 Å². The maximum atomic E-state index is 13.8. The number of anilines is 1. The van der Waals surface area contributed by atoms with Crippen molar-refractivity contribution in [3.63, 3.8) is 0 Å². The molecule has 0 heterocycles. The number of halogens is 1. The number of carbonyl (C=O) groups excluding carboxylic acids is 2. The van der Waals surface area contributed by atoms with Crippen molar-refractivity contribution in [3.8, 4) is 0 Å². The summed E-state index contributed by atoms with van der Waals surface area (Å²) < 4.78 is 40.1. The second-order valence-corrected chi connectivity index (χ2v) is 12.4. The van der Waals surface area contributed by atoms with E-state index in [1.807, 2.05) is 57.2 Å². The highest BCUT2D eigenvalue weighted by Crippen LogP contribution is 2.21. The summed E-state index contributed by atoms with van der Waals surface area (Å²) in [6, 6.07) is 21.7. The largest absolute Gasteiger partial charge is 0.352 e. The standard InChI is InChI=1S/C32H40FN3O4S/c1-5-25(3)34-32(38)30(22-26-12-7-6-8-13-26)35(23-27-16-18-28(33)19-17-27)31(37)15-10-20-36(41(4,39)40)29-14-9-11-24(2)21-29/h6-9,11-14,16-19,21,25,30H,5,10,15,20,22-23H2,1-4H3,(H,34,38)/t25-,30-/m0/s1. The molecule has 0 aromatic heterocycles. The Morgan fingerprint density at radius 1 is 0.951 bits per heavy atom. The van der Waals surface area contributed by atoms with E-state index >= 15 is 0 Å². The summed E-state index contributed by atoms with van der Waals surface area (Å²) in [5.41, 5.74) is 3.05. The number of nitrogens with zero attached hydrogens (tertiary/aromatic N) is 2. The molecule has 0 bridgehead atoms. The first-order valence-electron chi connectivity index (χ1n) is 13.9. The summed E-state index contributed by atoms with van der Waals surface area (Å²) in [6.07, 6.45) is 2.46. The summed E-state index contributed by atoms with van der Waals surface area (Å²) in [6.45, 7) is 5.99. The fraction of sp³-hybridized carbons (Fsp3) is 0.375. The van der Waals surface area contributed by atoms with E-state index in [9.17, 15) is 22.4 Å². The smallest absolute Gasteiger partial charge is 0.243 e. The zero-order valence-electron chi connectivity index (χ0n) is 24.2. The Bertz CT molecular complexity index is 1400. The van der Waals surface area contributed by atoms with Crippen LogP contribution in [0.15, 0.2) is 78.9 Å². The van der Waals surface area contributed by atoms with Gasteiger partial charge < -0.3 is 10.2 Å². The molecule has 0 radical (unpaired) electrons.